The first-order valence-electron chi connectivity index (χ1n) is 4.89. The molecule has 0 heterocycles. The molecule has 68 valence electrons. The molecule has 1 N–H and O–H groups in total. The summed E-state index contributed by atoms with van der Waals surface area (Å²) < 4.78 is 0. The van der Waals surface area contributed by atoms with Crippen LogP contribution in [0.25, 0.3) is 0 Å². The molecule has 2 atom stereocenters. The van der Waals surface area contributed by atoms with Gasteiger partial charge in [-0.15, -0.1) is 0 Å². The number of nitrogens with one attached hydrogen (secondary N) is 1. The highest BCUT2D eigenvalue weighted by molar-refractivity contribution is 5.73. The van der Waals surface area contributed by atoms with Gasteiger partial charge in [-0.25, -0.2) is 0 Å². The van der Waals surface area contributed by atoms with Gasteiger partial charge in [-0.05, 0) is 43.9 Å². The Morgan fingerprint density at radius 2 is 2.33 bits per heavy atom. The van der Waals surface area contributed by atoms with E-state index in [1.54, 1.807) is 6.92 Å². The summed E-state index contributed by atoms with van der Waals surface area (Å²) in [5, 5.41) is 2.94. The molecule has 2 heteroatoms. The molecule has 2 unspecified atom stereocenters. The first-order chi connectivity index (χ1) is 5.62. The number of carbonyl (C=O) groups excluding carboxylic acids is 1. The molecule has 0 aromatic heterocycles. The first kappa shape index (κ1) is 8.09. The van der Waals surface area contributed by atoms with Gasteiger partial charge >= 0.3 is 0 Å². The Hall–Kier alpha value is -0.530. The van der Waals surface area contributed by atoms with Gasteiger partial charge in [0, 0.05) is 13.0 Å². The number of rotatable bonds is 3. The molecule has 0 saturated heterocycles. The summed E-state index contributed by atoms with van der Waals surface area (Å²) >= 11 is 0. The quantitative estimate of drug-likeness (QED) is 0.681. The molecule has 2 saturated carbocycles. The van der Waals surface area contributed by atoms with Crippen LogP contribution in [0.15, 0.2) is 0 Å². The fourth-order valence-electron chi connectivity index (χ4n) is 2.37. The zero-order valence-corrected chi connectivity index (χ0v) is 7.89. The lowest BCUT2D eigenvalue weighted by Gasteiger charge is -2.11. The van der Waals surface area contributed by atoms with E-state index in [9.17, 15) is 4.79 Å². The van der Waals surface area contributed by atoms with Crippen molar-refractivity contribution in [2.24, 2.45) is 11.3 Å². The monoisotopic (exact) mass is 167 g/mol. The molecule has 1 amide bonds. The Kier molecular flexibility index (Phi) is 1.67. The molecule has 0 aliphatic heterocycles. The number of hydrogen-bond donors (Lipinski definition) is 1. The van der Waals surface area contributed by atoms with E-state index in [0.717, 1.165) is 11.3 Å². The molecule has 0 aromatic rings. The number of hydrogen-bond acceptors (Lipinski definition) is 1. The largest absolute Gasteiger partial charge is 0.354 e. The maximum Gasteiger partial charge on any atom is 0.217 e. The van der Waals surface area contributed by atoms with E-state index in [1.165, 1.54) is 25.7 Å². The van der Waals surface area contributed by atoms with Crippen molar-refractivity contribution in [1.82, 2.24) is 5.32 Å². The zero-order chi connectivity index (χ0) is 8.77. The van der Waals surface area contributed by atoms with Crippen LogP contribution in [-0.2, 0) is 4.79 Å². The van der Waals surface area contributed by atoms with Gasteiger partial charge in [0.1, 0.15) is 0 Å². The van der Waals surface area contributed by atoms with Crippen molar-refractivity contribution >= 4 is 5.91 Å². The van der Waals surface area contributed by atoms with Crippen LogP contribution < -0.4 is 5.32 Å². The Morgan fingerprint density at radius 1 is 1.67 bits per heavy atom. The molecular formula is C10H17NO. The summed E-state index contributed by atoms with van der Waals surface area (Å²) in [6.45, 7) is 3.70. The molecule has 1 spiro atoms. The van der Waals surface area contributed by atoms with Gasteiger partial charge in [-0.2, -0.15) is 0 Å². The lowest BCUT2D eigenvalue weighted by atomic mass is 10.1. The van der Waals surface area contributed by atoms with Crippen molar-refractivity contribution in [1.29, 1.82) is 0 Å². The highest BCUT2D eigenvalue weighted by Gasteiger charge is 2.62. The van der Waals surface area contributed by atoms with Crippen LogP contribution in [0, 0.1) is 11.3 Å². The van der Waals surface area contributed by atoms with Crippen molar-refractivity contribution < 1.29 is 4.79 Å². The topological polar surface area (TPSA) is 29.1 Å². The minimum Gasteiger partial charge on any atom is -0.354 e. The van der Waals surface area contributed by atoms with Crippen LogP contribution in [0.2, 0.25) is 0 Å². The maximum absolute atomic E-state index is 10.7. The Labute approximate surface area is 73.7 Å². The molecular weight excluding hydrogens is 150 g/mol. The van der Waals surface area contributed by atoms with Crippen molar-refractivity contribution in [3.8, 4) is 0 Å². The summed E-state index contributed by atoms with van der Waals surface area (Å²) in [6.07, 6.45) is 5.52. The second-order valence-corrected chi connectivity index (χ2v) is 4.60. The van der Waals surface area contributed by atoms with Crippen LogP contribution in [-0.4, -0.2) is 11.9 Å². The second kappa shape index (κ2) is 2.48. The first-order valence-corrected chi connectivity index (χ1v) is 4.89. The fraction of sp³-hybridized carbons (Fsp3) is 0.900. The third kappa shape index (κ3) is 1.47. The second-order valence-electron chi connectivity index (χ2n) is 4.60. The van der Waals surface area contributed by atoms with Crippen LogP contribution in [0.4, 0.5) is 0 Å². The van der Waals surface area contributed by atoms with Crippen molar-refractivity contribution in [3.05, 3.63) is 0 Å². The van der Waals surface area contributed by atoms with Crippen molar-refractivity contribution in [2.75, 3.05) is 0 Å². The van der Waals surface area contributed by atoms with Gasteiger partial charge in [0.15, 0.2) is 0 Å². The van der Waals surface area contributed by atoms with E-state index in [2.05, 4.69) is 12.2 Å². The molecule has 0 radical (unpaired) electrons. The lowest BCUT2D eigenvalue weighted by molar-refractivity contribution is -0.119. The van der Waals surface area contributed by atoms with E-state index >= 15 is 0 Å². The Morgan fingerprint density at radius 3 is 2.75 bits per heavy atom. The summed E-state index contributed by atoms with van der Waals surface area (Å²) in [5.74, 6) is 1.03. The third-order valence-corrected chi connectivity index (χ3v) is 3.34. The van der Waals surface area contributed by atoms with Gasteiger partial charge in [0.05, 0.1) is 0 Å². The highest BCUT2D eigenvalue weighted by Crippen LogP contribution is 2.71. The third-order valence-electron chi connectivity index (χ3n) is 3.34. The summed E-state index contributed by atoms with van der Waals surface area (Å²) in [6, 6.07) is 0.382. The normalized spacial score (nSPS) is 31.3. The van der Waals surface area contributed by atoms with E-state index in [-0.39, 0.29) is 5.91 Å². The Balaban J connectivity index is 1.69. The van der Waals surface area contributed by atoms with E-state index in [4.69, 9.17) is 0 Å². The fourth-order valence-corrected chi connectivity index (χ4v) is 2.37. The Bertz CT molecular complexity index is 208. The van der Waals surface area contributed by atoms with Crippen LogP contribution in [0.3, 0.4) is 0 Å². The van der Waals surface area contributed by atoms with E-state index < -0.39 is 0 Å². The van der Waals surface area contributed by atoms with Gasteiger partial charge in [0.2, 0.25) is 5.91 Å². The molecule has 0 bridgehead atoms. The summed E-state index contributed by atoms with van der Waals surface area (Å²) in [7, 11) is 0. The SMILES string of the molecule is CC(=O)NC(C)CC1CC12CC2. The minimum absolute atomic E-state index is 0.105. The molecule has 2 rings (SSSR count). The summed E-state index contributed by atoms with van der Waals surface area (Å²) in [5.41, 5.74) is 0.784. The zero-order valence-electron chi connectivity index (χ0n) is 7.89. The maximum atomic E-state index is 10.7. The smallest absolute Gasteiger partial charge is 0.217 e. The molecule has 2 nitrogen and oxygen atoms in total. The highest BCUT2D eigenvalue weighted by atomic mass is 16.1. The van der Waals surface area contributed by atoms with Crippen LogP contribution in [0.1, 0.15) is 39.5 Å². The average molecular weight is 167 g/mol. The summed E-state index contributed by atoms with van der Waals surface area (Å²) in [4.78, 5) is 10.7. The number of amides is 1. The lowest BCUT2D eigenvalue weighted by Crippen LogP contribution is -2.30. The van der Waals surface area contributed by atoms with E-state index in [1.807, 2.05) is 0 Å². The van der Waals surface area contributed by atoms with Crippen molar-refractivity contribution in [3.63, 3.8) is 0 Å². The molecule has 12 heavy (non-hydrogen) atoms. The molecule has 0 aromatic carbocycles. The van der Waals surface area contributed by atoms with Gasteiger partial charge in [-0.3, -0.25) is 4.79 Å². The molecule has 2 aliphatic carbocycles. The van der Waals surface area contributed by atoms with Crippen LogP contribution >= 0.6 is 0 Å². The average Bonchev–Trinajstić information content (AvgIpc) is 2.75. The molecule has 2 fully saturated rings. The van der Waals surface area contributed by atoms with E-state index in [0.29, 0.717) is 6.04 Å². The van der Waals surface area contributed by atoms with Gasteiger partial charge in [-0.1, -0.05) is 0 Å². The molecule has 2 aliphatic rings. The predicted octanol–water partition coefficient (Wildman–Crippen LogP) is 1.70. The van der Waals surface area contributed by atoms with Crippen molar-refractivity contribution in [2.45, 2.75) is 45.6 Å². The predicted molar refractivity (Wildman–Crippen MR) is 47.7 cm³/mol. The van der Waals surface area contributed by atoms with Gasteiger partial charge < -0.3 is 5.32 Å². The minimum atomic E-state index is 0.105. The van der Waals surface area contributed by atoms with Crippen LogP contribution in [0.5, 0.6) is 0 Å². The number of carbonyl (C=O) groups is 1. The van der Waals surface area contributed by atoms with Gasteiger partial charge in [0.25, 0.3) is 0 Å². The standard InChI is InChI=1S/C10H17NO/c1-7(11-8(2)12)5-9-6-10(9)3-4-10/h7,9H,3-6H2,1-2H3,(H,11,12).